The first kappa shape index (κ1) is 23.0. The van der Waals surface area contributed by atoms with Gasteiger partial charge < -0.3 is 14.5 Å². The first-order valence-corrected chi connectivity index (χ1v) is 12.5. The summed E-state index contributed by atoms with van der Waals surface area (Å²) >= 11 is 3.13. The number of rotatable bonds is 8. The van der Waals surface area contributed by atoms with Crippen LogP contribution in [-0.2, 0) is 14.3 Å². The molecule has 0 bridgehead atoms. The van der Waals surface area contributed by atoms with Gasteiger partial charge in [0.25, 0.3) is 11.8 Å². The molecule has 0 fully saturated rings. The fourth-order valence-electron chi connectivity index (χ4n) is 3.39. The molecule has 1 N–H and O–H groups in total. The zero-order valence-corrected chi connectivity index (χ0v) is 19.5. The van der Waals surface area contributed by atoms with Crippen molar-refractivity contribution in [1.29, 1.82) is 0 Å². The molecule has 3 aromatic rings. The predicted molar refractivity (Wildman–Crippen MR) is 128 cm³/mol. The number of nitrogens with one attached hydrogen (secondary N) is 1. The molecule has 2 amide bonds. The lowest BCUT2D eigenvalue weighted by atomic mass is 10.2. The summed E-state index contributed by atoms with van der Waals surface area (Å²) < 4.78 is 10.5. The zero-order valence-electron chi connectivity index (χ0n) is 17.9. The van der Waals surface area contributed by atoms with Crippen LogP contribution in [0.25, 0.3) is 0 Å². The molecule has 1 aliphatic heterocycles. The number of carbonyl (C=O) groups is 3. The van der Waals surface area contributed by atoms with Gasteiger partial charge in [-0.15, -0.1) is 0 Å². The molecule has 0 aliphatic carbocycles. The molecule has 170 valence electrons. The van der Waals surface area contributed by atoms with Gasteiger partial charge in [0, 0.05) is 9.79 Å². The fraction of sp³-hybridized carbons (Fsp3) is 0.208. The molecule has 0 saturated heterocycles. The minimum atomic E-state index is -0.890. The van der Waals surface area contributed by atoms with Gasteiger partial charge in [-0.3, -0.25) is 14.5 Å². The molecular formula is C24H22N2O5S2. The van der Waals surface area contributed by atoms with E-state index in [4.69, 9.17) is 9.15 Å². The van der Waals surface area contributed by atoms with Crippen molar-refractivity contribution in [3.63, 3.8) is 0 Å². The maximum Gasteiger partial charge on any atom is 0.329 e. The smallest absolute Gasteiger partial charge is 0.329 e. The van der Waals surface area contributed by atoms with Crippen LogP contribution in [0.2, 0.25) is 0 Å². The summed E-state index contributed by atoms with van der Waals surface area (Å²) in [6.45, 7) is -0.446. The number of anilines is 2. The Morgan fingerprint density at radius 3 is 2.30 bits per heavy atom. The number of furan rings is 1. The largest absolute Gasteiger partial charge is 0.459 e. The number of nitrogens with zero attached hydrogens (tertiary/aromatic N) is 1. The van der Waals surface area contributed by atoms with Crippen LogP contribution in [0.1, 0.15) is 17.0 Å². The Bertz CT molecular complexity index is 1100. The second kappa shape index (κ2) is 10.6. The molecule has 1 atom stereocenters. The van der Waals surface area contributed by atoms with E-state index >= 15 is 0 Å². The van der Waals surface area contributed by atoms with Crippen molar-refractivity contribution >= 4 is 52.7 Å². The Kier molecular flexibility index (Phi) is 7.41. The van der Waals surface area contributed by atoms with E-state index in [0.29, 0.717) is 12.2 Å². The van der Waals surface area contributed by atoms with Crippen LogP contribution in [0.15, 0.2) is 81.1 Å². The molecule has 2 aromatic carbocycles. The zero-order chi connectivity index (χ0) is 23.2. The number of ether oxygens (including phenoxy) is 1. The standard InChI is InChI=1S/C24H22N2O5S2/c1-32-14-12-16(25-23(28)19-9-6-13-30-19)24(29)31-15-22(27)26-17-7-2-4-10-20(17)33-21-11-5-3-8-18(21)26/h2-11,13,16H,12,14-15H2,1H3,(H,25,28)/t16-/m0/s1. The van der Waals surface area contributed by atoms with Gasteiger partial charge in [0.1, 0.15) is 6.04 Å². The number of carbonyl (C=O) groups excluding carboxylic acids is 3. The SMILES string of the molecule is CSCC[C@H](NC(=O)c1ccco1)C(=O)OCC(=O)N1c2ccccc2Sc2ccccc21. The van der Waals surface area contributed by atoms with Crippen LogP contribution in [0.5, 0.6) is 0 Å². The normalized spacial score (nSPS) is 12.9. The van der Waals surface area contributed by atoms with Gasteiger partial charge >= 0.3 is 5.97 Å². The maximum atomic E-state index is 13.2. The van der Waals surface area contributed by atoms with E-state index in [2.05, 4.69) is 5.32 Å². The third-order valence-electron chi connectivity index (χ3n) is 4.96. The summed E-state index contributed by atoms with van der Waals surface area (Å²) in [5.74, 6) is -0.803. The summed E-state index contributed by atoms with van der Waals surface area (Å²) in [6, 6.07) is 17.4. The Hall–Kier alpha value is -3.17. The molecule has 7 nitrogen and oxygen atoms in total. The number of benzene rings is 2. The van der Waals surface area contributed by atoms with Gasteiger partial charge in [0.15, 0.2) is 12.4 Å². The third-order valence-corrected chi connectivity index (χ3v) is 6.74. The molecule has 1 aromatic heterocycles. The first-order valence-electron chi connectivity index (χ1n) is 10.3. The number of hydrogen-bond donors (Lipinski definition) is 1. The first-order chi connectivity index (χ1) is 16.1. The topological polar surface area (TPSA) is 88.9 Å². The van der Waals surface area contributed by atoms with Gasteiger partial charge in [-0.05, 0) is 54.8 Å². The molecule has 1 aliphatic rings. The summed E-state index contributed by atoms with van der Waals surface area (Å²) in [6.07, 6.45) is 3.66. The van der Waals surface area contributed by atoms with Crippen molar-refractivity contribution in [1.82, 2.24) is 5.32 Å². The highest BCUT2D eigenvalue weighted by Gasteiger charge is 2.30. The van der Waals surface area contributed by atoms with E-state index in [1.807, 2.05) is 54.8 Å². The van der Waals surface area contributed by atoms with Gasteiger partial charge in [-0.25, -0.2) is 4.79 Å². The average molecular weight is 483 g/mol. The predicted octanol–water partition coefficient (Wildman–Crippen LogP) is 4.50. The second-order valence-corrected chi connectivity index (χ2v) is 9.23. The number of amides is 2. The third kappa shape index (κ3) is 5.26. The summed E-state index contributed by atoms with van der Waals surface area (Å²) in [4.78, 5) is 41.8. The number of para-hydroxylation sites is 2. The van der Waals surface area contributed by atoms with Crippen LogP contribution in [0, 0.1) is 0 Å². The van der Waals surface area contributed by atoms with E-state index in [1.165, 1.54) is 12.3 Å². The van der Waals surface area contributed by atoms with E-state index in [-0.39, 0.29) is 11.7 Å². The quantitative estimate of drug-likeness (QED) is 0.473. The van der Waals surface area contributed by atoms with Gasteiger partial charge in [0.2, 0.25) is 0 Å². The molecule has 4 rings (SSSR count). The lowest BCUT2D eigenvalue weighted by Crippen LogP contribution is -2.43. The second-order valence-electron chi connectivity index (χ2n) is 7.16. The van der Waals surface area contributed by atoms with E-state index in [1.54, 1.807) is 34.5 Å². The summed E-state index contributed by atoms with van der Waals surface area (Å²) in [7, 11) is 0. The number of esters is 1. The average Bonchev–Trinajstić information content (AvgIpc) is 3.38. The monoisotopic (exact) mass is 482 g/mol. The van der Waals surface area contributed by atoms with Crippen molar-refractivity contribution in [2.24, 2.45) is 0 Å². The molecule has 2 heterocycles. The number of hydrogen-bond acceptors (Lipinski definition) is 7. The fourth-order valence-corrected chi connectivity index (χ4v) is 4.92. The van der Waals surface area contributed by atoms with Gasteiger partial charge in [-0.1, -0.05) is 36.0 Å². The molecular weight excluding hydrogens is 460 g/mol. The molecule has 33 heavy (non-hydrogen) atoms. The van der Waals surface area contributed by atoms with Crippen molar-refractivity contribution < 1.29 is 23.5 Å². The molecule has 0 spiro atoms. The van der Waals surface area contributed by atoms with Crippen molar-refractivity contribution in [2.45, 2.75) is 22.3 Å². The Morgan fingerprint density at radius 1 is 1.03 bits per heavy atom. The van der Waals surface area contributed by atoms with Crippen LogP contribution < -0.4 is 10.2 Å². The van der Waals surface area contributed by atoms with Crippen molar-refractivity contribution in [3.8, 4) is 0 Å². The highest BCUT2D eigenvalue weighted by molar-refractivity contribution is 7.99. The Balaban J connectivity index is 1.47. The van der Waals surface area contributed by atoms with Crippen LogP contribution in [0.4, 0.5) is 11.4 Å². The van der Waals surface area contributed by atoms with Gasteiger partial charge in [-0.2, -0.15) is 11.8 Å². The molecule has 0 unspecified atom stereocenters. The van der Waals surface area contributed by atoms with E-state index in [9.17, 15) is 14.4 Å². The van der Waals surface area contributed by atoms with Crippen LogP contribution in [0.3, 0.4) is 0 Å². The van der Waals surface area contributed by atoms with Gasteiger partial charge in [0.05, 0.1) is 17.6 Å². The summed E-state index contributed by atoms with van der Waals surface area (Å²) in [5, 5.41) is 2.64. The minimum absolute atomic E-state index is 0.104. The Morgan fingerprint density at radius 2 is 1.70 bits per heavy atom. The minimum Gasteiger partial charge on any atom is -0.459 e. The van der Waals surface area contributed by atoms with Crippen LogP contribution in [-0.4, -0.2) is 42.4 Å². The molecule has 0 saturated carbocycles. The van der Waals surface area contributed by atoms with Crippen molar-refractivity contribution in [3.05, 3.63) is 72.7 Å². The molecule has 0 radical (unpaired) electrons. The highest BCUT2D eigenvalue weighted by atomic mass is 32.2. The number of thioether (sulfide) groups is 1. The van der Waals surface area contributed by atoms with Crippen molar-refractivity contribution in [2.75, 3.05) is 23.5 Å². The number of fused-ring (bicyclic) bond motifs is 2. The van der Waals surface area contributed by atoms with Crippen LogP contribution >= 0.6 is 23.5 Å². The lowest BCUT2D eigenvalue weighted by molar-refractivity contribution is -0.149. The summed E-state index contributed by atoms with van der Waals surface area (Å²) in [5.41, 5.74) is 1.49. The lowest BCUT2D eigenvalue weighted by Gasteiger charge is -2.31. The van der Waals surface area contributed by atoms with E-state index < -0.39 is 24.5 Å². The van der Waals surface area contributed by atoms with E-state index in [0.717, 1.165) is 21.2 Å². The highest BCUT2D eigenvalue weighted by Crippen LogP contribution is 2.47. The Labute approximate surface area is 199 Å². The maximum absolute atomic E-state index is 13.2. The molecule has 9 heteroatoms.